The van der Waals surface area contributed by atoms with Crippen LogP contribution in [-0.2, 0) is 11.0 Å². The Hall–Kier alpha value is -2.77. The van der Waals surface area contributed by atoms with Crippen LogP contribution in [0, 0.1) is 12.8 Å². The molecule has 1 atom stereocenters. The molecule has 8 heteroatoms. The highest BCUT2D eigenvalue weighted by Gasteiger charge is 2.30. The molecule has 0 aliphatic carbocycles. The summed E-state index contributed by atoms with van der Waals surface area (Å²) in [5.74, 6) is 0.161. The van der Waals surface area contributed by atoms with Crippen molar-refractivity contribution >= 4 is 17.5 Å². The first-order chi connectivity index (χ1) is 13.7. The number of alkyl halides is 3. The van der Waals surface area contributed by atoms with Gasteiger partial charge < -0.3 is 14.6 Å². The lowest BCUT2D eigenvalue weighted by atomic mass is 9.93. The van der Waals surface area contributed by atoms with Crippen LogP contribution in [0.5, 0.6) is 0 Å². The van der Waals surface area contributed by atoms with Gasteiger partial charge in [-0.25, -0.2) is 0 Å². The number of nitrogens with one attached hydrogen (secondary N) is 1. The fourth-order valence-corrected chi connectivity index (χ4v) is 3.52. The van der Waals surface area contributed by atoms with Gasteiger partial charge in [0.25, 0.3) is 5.91 Å². The van der Waals surface area contributed by atoms with Crippen molar-refractivity contribution in [1.82, 2.24) is 4.90 Å². The topological polar surface area (TPSA) is 62.6 Å². The molecule has 1 aromatic heterocycles. The van der Waals surface area contributed by atoms with E-state index in [1.54, 1.807) is 11.0 Å². The van der Waals surface area contributed by atoms with Gasteiger partial charge in [-0.1, -0.05) is 0 Å². The average molecular weight is 408 g/mol. The maximum atomic E-state index is 12.6. The van der Waals surface area contributed by atoms with Crippen LogP contribution < -0.4 is 5.32 Å². The Morgan fingerprint density at radius 2 is 1.93 bits per heavy atom. The highest BCUT2D eigenvalue weighted by Crippen LogP contribution is 2.30. The molecule has 0 radical (unpaired) electrons. The molecule has 0 unspecified atom stereocenters. The van der Waals surface area contributed by atoms with Crippen molar-refractivity contribution in [2.75, 3.05) is 18.4 Å². The van der Waals surface area contributed by atoms with E-state index < -0.39 is 11.7 Å². The minimum Gasteiger partial charge on any atom is -0.459 e. The van der Waals surface area contributed by atoms with Gasteiger partial charge in [-0.05, 0) is 62.4 Å². The zero-order valence-corrected chi connectivity index (χ0v) is 16.1. The summed E-state index contributed by atoms with van der Waals surface area (Å²) < 4.78 is 43.0. The van der Waals surface area contributed by atoms with E-state index in [0.29, 0.717) is 31.0 Å². The number of likely N-dealkylation sites (tertiary alicyclic amines) is 1. The predicted octanol–water partition coefficient (Wildman–Crippen LogP) is 4.88. The highest BCUT2D eigenvalue weighted by atomic mass is 19.4. The summed E-state index contributed by atoms with van der Waals surface area (Å²) in [5, 5.41) is 2.62. The normalized spacial score (nSPS) is 17.2. The Balaban J connectivity index is 1.48. The number of anilines is 1. The van der Waals surface area contributed by atoms with E-state index in [-0.39, 0.29) is 24.2 Å². The van der Waals surface area contributed by atoms with Gasteiger partial charge in [0.1, 0.15) is 0 Å². The van der Waals surface area contributed by atoms with Crippen molar-refractivity contribution in [2.24, 2.45) is 5.92 Å². The number of halogens is 3. The lowest BCUT2D eigenvalue weighted by molar-refractivity contribution is -0.137. The van der Waals surface area contributed by atoms with Crippen LogP contribution in [0.2, 0.25) is 0 Å². The minimum absolute atomic E-state index is 0.133. The number of hydrogen-bond donors (Lipinski definition) is 1. The van der Waals surface area contributed by atoms with Gasteiger partial charge in [0.2, 0.25) is 5.91 Å². The highest BCUT2D eigenvalue weighted by molar-refractivity contribution is 5.93. The SMILES string of the molecule is Cc1ccoc1C(=O)N1CCC[C@@H](CCC(=O)Nc2ccc(C(F)(F)F)cc2)C1. The van der Waals surface area contributed by atoms with E-state index in [1.807, 2.05) is 6.92 Å². The number of nitrogens with zero attached hydrogens (tertiary/aromatic N) is 1. The molecule has 1 fully saturated rings. The summed E-state index contributed by atoms with van der Waals surface area (Å²) in [5.41, 5.74) is 0.374. The molecule has 2 amide bonds. The second-order valence-corrected chi connectivity index (χ2v) is 7.35. The van der Waals surface area contributed by atoms with Crippen molar-refractivity contribution in [2.45, 2.75) is 38.8 Å². The molecule has 5 nitrogen and oxygen atoms in total. The van der Waals surface area contributed by atoms with Gasteiger partial charge in [-0.2, -0.15) is 13.2 Å². The quantitative estimate of drug-likeness (QED) is 0.767. The van der Waals surface area contributed by atoms with Crippen LogP contribution in [-0.4, -0.2) is 29.8 Å². The van der Waals surface area contributed by atoms with E-state index in [2.05, 4.69) is 5.32 Å². The van der Waals surface area contributed by atoms with E-state index in [4.69, 9.17) is 4.42 Å². The largest absolute Gasteiger partial charge is 0.459 e. The van der Waals surface area contributed by atoms with E-state index in [1.165, 1.54) is 18.4 Å². The summed E-state index contributed by atoms with van der Waals surface area (Å²) >= 11 is 0. The molecule has 2 heterocycles. The molecule has 156 valence electrons. The third-order valence-corrected chi connectivity index (χ3v) is 5.14. The Labute approximate surface area is 166 Å². The maximum absolute atomic E-state index is 12.6. The lowest BCUT2D eigenvalue weighted by Gasteiger charge is -2.32. The van der Waals surface area contributed by atoms with Crippen LogP contribution in [0.3, 0.4) is 0 Å². The number of furan rings is 1. The fraction of sp³-hybridized carbons (Fsp3) is 0.429. The van der Waals surface area contributed by atoms with E-state index >= 15 is 0 Å². The number of benzene rings is 1. The fourth-order valence-electron chi connectivity index (χ4n) is 3.52. The van der Waals surface area contributed by atoms with Gasteiger partial charge in [-0.3, -0.25) is 9.59 Å². The molecular formula is C21H23F3N2O3. The third kappa shape index (κ3) is 5.40. The number of carbonyl (C=O) groups is 2. The Morgan fingerprint density at radius 1 is 1.21 bits per heavy atom. The molecule has 3 rings (SSSR count). The van der Waals surface area contributed by atoms with Crippen molar-refractivity contribution in [3.05, 3.63) is 53.5 Å². The molecule has 0 spiro atoms. The number of aryl methyl sites for hydroxylation is 1. The summed E-state index contributed by atoms with van der Waals surface area (Å²) in [6.45, 7) is 3.05. The molecule has 1 N–H and O–H groups in total. The van der Waals surface area contributed by atoms with E-state index in [9.17, 15) is 22.8 Å². The molecule has 2 aromatic rings. The minimum atomic E-state index is -4.40. The molecule has 1 saturated heterocycles. The number of amides is 2. The molecule has 29 heavy (non-hydrogen) atoms. The summed E-state index contributed by atoms with van der Waals surface area (Å²) in [4.78, 5) is 26.5. The van der Waals surface area contributed by atoms with Crippen molar-refractivity contribution < 1.29 is 27.2 Å². The van der Waals surface area contributed by atoms with Crippen LogP contribution >= 0.6 is 0 Å². The maximum Gasteiger partial charge on any atom is 0.416 e. The van der Waals surface area contributed by atoms with Crippen LogP contribution in [0.1, 0.15) is 47.4 Å². The average Bonchev–Trinajstić information content (AvgIpc) is 3.11. The molecule has 0 saturated carbocycles. The molecule has 1 aliphatic heterocycles. The number of hydrogen-bond acceptors (Lipinski definition) is 3. The standard InChI is InChI=1S/C21H23F3N2O3/c1-14-10-12-29-19(14)20(28)26-11-2-3-15(13-26)4-9-18(27)25-17-7-5-16(6-8-17)21(22,23)24/h5-8,10,12,15H,2-4,9,11,13H2,1H3,(H,25,27)/t15-/m0/s1. The summed E-state index contributed by atoms with van der Waals surface area (Å²) in [7, 11) is 0. The molecular weight excluding hydrogens is 385 g/mol. The van der Waals surface area contributed by atoms with Crippen molar-refractivity contribution in [3.63, 3.8) is 0 Å². The van der Waals surface area contributed by atoms with Gasteiger partial charge in [0, 0.05) is 30.8 Å². The van der Waals surface area contributed by atoms with Crippen molar-refractivity contribution in [1.29, 1.82) is 0 Å². The first kappa shape index (κ1) is 21.0. The van der Waals surface area contributed by atoms with Crippen LogP contribution in [0.15, 0.2) is 41.0 Å². The monoisotopic (exact) mass is 408 g/mol. The predicted molar refractivity (Wildman–Crippen MR) is 101 cm³/mol. The third-order valence-electron chi connectivity index (χ3n) is 5.14. The number of piperidine rings is 1. The second kappa shape index (κ2) is 8.71. The second-order valence-electron chi connectivity index (χ2n) is 7.35. The van der Waals surface area contributed by atoms with Gasteiger partial charge in [-0.15, -0.1) is 0 Å². The van der Waals surface area contributed by atoms with Crippen LogP contribution in [0.4, 0.5) is 18.9 Å². The van der Waals surface area contributed by atoms with Gasteiger partial charge in [0.05, 0.1) is 11.8 Å². The lowest BCUT2D eigenvalue weighted by Crippen LogP contribution is -2.40. The number of rotatable bonds is 5. The van der Waals surface area contributed by atoms with Crippen LogP contribution in [0.25, 0.3) is 0 Å². The Morgan fingerprint density at radius 3 is 2.55 bits per heavy atom. The Kier molecular flexibility index (Phi) is 6.30. The van der Waals surface area contributed by atoms with E-state index in [0.717, 1.165) is 30.5 Å². The Bertz CT molecular complexity index is 859. The molecule has 0 bridgehead atoms. The van der Waals surface area contributed by atoms with Gasteiger partial charge >= 0.3 is 6.18 Å². The summed E-state index contributed by atoms with van der Waals surface area (Å²) in [6, 6.07) is 6.12. The molecule has 1 aromatic carbocycles. The smallest absolute Gasteiger partial charge is 0.416 e. The first-order valence-corrected chi connectivity index (χ1v) is 9.54. The zero-order valence-electron chi connectivity index (χ0n) is 16.1. The van der Waals surface area contributed by atoms with Gasteiger partial charge in [0.15, 0.2) is 5.76 Å². The zero-order chi connectivity index (χ0) is 21.0. The first-order valence-electron chi connectivity index (χ1n) is 9.54. The summed E-state index contributed by atoms with van der Waals surface area (Å²) in [6.07, 6.45) is -0.275. The number of carbonyl (C=O) groups excluding carboxylic acids is 2. The molecule has 1 aliphatic rings. The van der Waals surface area contributed by atoms with Crippen molar-refractivity contribution in [3.8, 4) is 0 Å².